The van der Waals surface area contributed by atoms with Gasteiger partial charge in [0.2, 0.25) is 0 Å². The van der Waals surface area contributed by atoms with Crippen molar-refractivity contribution in [2.75, 3.05) is 14.2 Å². The Morgan fingerprint density at radius 3 is 2.45 bits per heavy atom. The molecule has 0 heterocycles. The average molecular weight is 275 g/mol. The molecule has 0 saturated heterocycles. The fourth-order valence-electron chi connectivity index (χ4n) is 2.73. The maximum atomic E-state index is 12.5. The molecule has 0 atom stereocenters. The smallest absolute Gasteiger partial charge is 0.337 e. The number of ether oxygens (including phenoxy) is 1. The van der Waals surface area contributed by atoms with Crippen molar-refractivity contribution in [3.63, 3.8) is 0 Å². The van der Waals surface area contributed by atoms with E-state index in [0.717, 1.165) is 12.8 Å². The maximum absolute atomic E-state index is 12.5. The molecule has 4 nitrogen and oxygen atoms in total. The minimum atomic E-state index is -0.417. The van der Waals surface area contributed by atoms with Crippen molar-refractivity contribution in [3.8, 4) is 0 Å². The van der Waals surface area contributed by atoms with Gasteiger partial charge in [-0.2, -0.15) is 0 Å². The zero-order chi connectivity index (χ0) is 14.5. The molecular weight excluding hydrogens is 254 g/mol. The minimum Gasteiger partial charge on any atom is -0.465 e. The van der Waals surface area contributed by atoms with Crippen LogP contribution in [0.5, 0.6) is 0 Å². The maximum Gasteiger partial charge on any atom is 0.337 e. The van der Waals surface area contributed by atoms with Gasteiger partial charge < -0.3 is 9.64 Å². The summed E-state index contributed by atoms with van der Waals surface area (Å²) in [5.74, 6) is -0.442. The highest BCUT2D eigenvalue weighted by atomic mass is 16.5. The Morgan fingerprint density at radius 2 is 1.80 bits per heavy atom. The lowest BCUT2D eigenvalue weighted by Gasteiger charge is -2.31. The number of nitrogens with zero attached hydrogens (tertiary/aromatic N) is 1. The lowest BCUT2D eigenvalue weighted by molar-refractivity contribution is 0.0600. The zero-order valence-electron chi connectivity index (χ0n) is 12.1. The summed E-state index contributed by atoms with van der Waals surface area (Å²) in [6.07, 6.45) is 5.77. The quantitative estimate of drug-likeness (QED) is 0.797. The van der Waals surface area contributed by atoms with Crippen LogP contribution in [0.15, 0.2) is 24.3 Å². The lowest BCUT2D eigenvalue weighted by atomic mass is 9.94. The van der Waals surface area contributed by atoms with Gasteiger partial charge in [-0.05, 0) is 31.0 Å². The van der Waals surface area contributed by atoms with E-state index in [9.17, 15) is 9.59 Å². The van der Waals surface area contributed by atoms with E-state index in [1.165, 1.54) is 26.4 Å². The number of esters is 1. The number of amides is 1. The van der Waals surface area contributed by atoms with Crippen molar-refractivity contribution in [1.29, 1.82) is 0 Å². The number of methoxy groups -OCH3 is 1. The van der Waals surface area contributed by atoms with E-state index < -0.39 is 5.97 Å². The summed E-state index contributed by atoms with van der Waals surface area (Å²) in [5.41, 5.74) is 0.955. The Morgan fingerprint density at radius 1 is 1.15 bits per heavy atom. The fraction of sp³-hybridized carbons (Fsp3) is 0.500. The molecule has 0 N–H and O–H groups in total. The molecule has 0 radical (unpaired) electrons. The van der Waals surface area contributed by atoms with Crippen LogP contribution in [-0.4, -0.2) is 37.0 Å². The second-order valence-corrected chi connectivity index (χ2v) is 5.28. The molecule has 1 aromatic carbocycles. The number of hydrogen-bond acceptors (Lipinski definition) is 3. The van der Waals surface area contributed by atoms with Crippen molar-refractivity contribution >= 4 is 11.9 Å². The third-order valence-corrected chi connectivity index (χ3v) is 3.97. The predicted octanol–water partition coefficient (Wildman–Crippen LogP) is 2.88. The SMILES string of the molecule is COC(=O)c1cccc(C(=O)N(C)C2CCCCC2)c1. The number of carbonyl (C=O) groups excluding carboxylic acids is 2. The van der Waals surface area contributed by atoms with E-state index in [2.05, 4.69) is 4.74 Å². The molecule has 1 aromatic rings. The monoisotopic (exact) mass is 275 g/mol. The highest BCUT2D eigenvalue weighted by Gasteiger charge is 2.23. The Balaban J connectivity index is 2.13. The van der Waals surface area contributed by atoms with Gasteiger partial charge in [-0.25, -0.2) is 4.79 Å². The average Bonchev–Trinajstić information content (AvgIpc) is 2.53. The van der Waals surface area contributed by atoms with Crippen LogP contribution in [0, 0.1) is 0 Å². The molecule has 108 valence electrons. The number of carbonyl (C=O) groups is 2. The van der Waals surface area contributed by atoms with Gasteiger partial charge in [-0.3, -0.25) is 4.79 Å². The van der Waals surface area contributed by atoms with Gasteiger partial charge in [0, 0.05) is 18.7 Å². The Labute approximate surface area is 119 Å². The van der Waals surface area contributed by atoms with Gasteiger partial charge in [0.05, 0.1) is 12.7 Å². The molecule has 0 spiro atoms. The molecule has 0 unspecified atom stereocenters. The van der Waals surface area contributed by atoms with Crippen LogP contribution in [0.2, 0.25) is 0 Å². The summed E-state index contributed by atoms with van der Waals surface area (Å²) >= 11 is 0. The Hall–Kier alpha value is -1.84. The van der Waals surface area contributed by atoms with E-state index in [-0.39, 0.29) is 5.91 Å². The van der Waals surface area contributed by atoms with E-state index in [1.54, 1.807) is 24.3 Å². The van der Waals surface area contributed by atoms with E-state index in [1.807, 2.05) is 11.9 Å². The van der Waals surface area contributed by atoms with Crippen molar-refractivity contribution in [2.24, 2.45) is 0 Å². The second kappa shape index (κ2) is 6.55. The summed E-state index contributed by atoms with van der Waals surface area (Å²) in [7, 11) is 3.19. The summed E-state index contributed by atoms with van der Waals surface area (Å²) in [6.45, 7) is 0. The standard InChI is InChI=1S/C16H21NO3/c1-17(14-9-4-3-5-10-14)15(18)12-7-6-8-13(11-12)16(19)20-2/h6-8,11,14H,3-5,9-10H2,1-2H3. The minimum absolute atomic E-state index is 0.0253. The highest BCUT2D eigenvalue weighted by molar-refractivity contribution is 5.97. The molecule has 1 saturated carbocycles. The second-order valence-electron chi connectivity index (χ2n) is 5.28. The molecule has 1 aliphatic carbocycles. The lowest BCUT2D eigenvalue weighted by Crippen LogP contribution is -2.38. The molecule has 2 rings (SSSR count). The molecule has 1 aliphatic rings. The molecule has 4 heteroatoms. The van der Waals surface area contributed by atoms with Crippen LogP contribution >= 0.6 is 0 Å². The molecule has 1 fully saturated rings. The molecular formula is C16H21NO3. The van der Waals surface area contributed by atoms with Crippen LogP contribution in [0.25, 0.3) is 0 Å². The third-order valence-electron chi connectivity index (χ3n) is 3.97. The molecule has 0 bridgehead atoms. The highest BCUT2D eigenvalue weighted by Crippen LogP contribution is 2.23. The van der Waals surface area contributed by atoms with Crippen LogP contribution in [0.3, 0.4) is 0 Å². The summed E-state index contributed by atoms with van der Waals surface area (Å²) in [4.78, 5) is 25.8. The fourth-order valence-corrected chi connectivity index (χ4v) is 2.73. The first-order chi connectivity index (χ1) is 9.63. The number of hydrogen-bond donors (Lipinski definition) is 0. The van der Waals surface area contributed by atoms with Gasteiger partial charge in [-0.15, -0.1) is 0 Å². The summed E-state index contributed by atoms with van der Waals surface area (Å²) in [6, 6.07) is 7.04. The van der Waals surface area contributed by atoms with Crippen LogP contribution in [0.4, 0.5) is 0 Å². The molecule has 20 heavy (non-hydrogen) atoms. The van der Waals surface area contributed by atoms with Gasteiger partial charge in [0.1, 0.15) is 0 Å². The number of rotatable bonds is 3. The molecule has 0 aromatic heterocycles. The Kier molecular flexibility index (Phi) is 4.77. The van der Waals surface area contributed by atoms with Gasteiger partial charge in [-0.1, -0.05) is 25.3 Å². The summed E-state index contributed by atoms with van der Waals surface area (Å²) < 4.78 is 4.68. The predicted molar refractivity (Wildman–Crippen MR) is 76.7 cm³/mol. The van der Waals surface area contributed by atoms with Crippen molar-refractivity contribution < 1.29 is 14.3 Å². The first-order valence-corrected chi connectivity index (χ1v) is 7.09. The van der Waals surface area contributed by atoms with Crippen LogP contribution in [-0.2, 0) is 4.74 Å². The van der Waals surface area contributed by atoms with E-state index in [0.29, 0.717) is 17.2 Å². The number of benzene rings is 1. The van der Waals surface area contributed by atoms with Gasteiger partial charge >= 0.3 is 5.97 Å². The topological polar surface area (TPSA) is 46.6 Å². The van der Waals surface area contributed by atoms with E-state index >= 15 is 0 Å². The van der Waals surface area contributed by atoms with Crippen molar-refractivity contribution in [3.05, 3.63) is 35.4 Å². The Bertz CT molecular complexity index is 492. The largest absolute Gasteiger partial charge is 0.465 e. The third kappa shape index (κ3) is 3.18. The first kappa shape index (κ1) is 14.6. The first-order valence-electron chi connectivity index (χ1n) is 7.09. The van der Waals surface area contributed by atoms with Crippen LogP contribution < -0.4 is 0 Å². The van der Waals surface area contributed by atoms with Crippen molar-refractivity contribution in [1.82, 2.24) is 4.90 Å². The van der Waals surface area contributed by atoms with E-state index in [4.69, 9.17) is 0 Å². The van der Waals surface area contributed by atoms with Crippen molar-refractivity contribution in [2.45, 2.75) is 38.1 Å². The molecule has 0 aliphatic heterocycles. The van der Waals surface area contributed by atoms with Crippen LogP contribution in [0.1, 0.15) is 52.8 Å². The normalized spacial score (nSPS) is 15.7. The molecule has 1 amide bonds. The van der Waals surface area contributed by atoms with Gasteiger partial charge in [0.15, 0.2) is 0 Å². The van der Waals surface area contributed by atoms with Gasteiger partial charge in [0.25, 0.3) is 5.91 Å². The zero-order valence-corrected chi connectivity index (χ0v) is 12.1. The summed E-state index contributed by atoms with van der Waals surface area (Å²) in [5, 5.41) is 0.